The molecule has 0 aliphatic carbocycles. The lowest BCUT2D eigenvalue weighted by molar-refractivity contribution is 0.567. The molecule has 2 aromatic carbocycles. The molecule has 0 spiro atoms. The van der Waals surface area contributed by atoms with Gasteiger partial charge in [0.2, 0.25) is 10.0 Å². The summed E-state index contributed by atoms with van der Waals surface area (Å²) in [6.45, 7) is 6.55. The summed E-state index contributed by atoms with van der Waals surface area (Å²) in [7, 11) is -3.69. The molecule has 0 saturated carbocycles. The van der Waals surface area contributed by atoms with Crippen LogP contribution in [0.25, 0.3) is 10.2 Å². The third kappa shape index (κ3) is 4.15. The molecule has 3 aromatic rings. The molecule has 144 valence electrons. The largest absolute Gasteiger partial charge is 0.308 e. The summed E-state index contributed by atoms with van der Waals surface area (Å²) in [5.41, 5.74) is 2.91. The van der Waals surface area contributed by atoms with Crippen molar-refractivity contribution in [2.24, 2.45) is 0 Å². The molecule has 1 unspecified atom stereocenters. The van der Waals surface area contributed by atoms with E-state index < -0.39 is 10.0 Å². The Bertz CT molecular complexity index is 1100. The van der Waals surface area contributed by atoms with Gasteiger partial charge in [-0.15, -0.1) is 0 Å². The molecule has 1 atom stereocenters. The quantitative estimate of drug-likeness (QED) is 0.645. The van der Waals surface area contributed by atoms with E-state index in [1.807, 2.05) is 38.1 Å². The van der Waals surface area contributed by atoms with Crippen molar-refractivity contribution in [1.82, 2.24) is 9.29 Å². The van der Waals surface area contributed by atoms with Crippen molar-refractivity contribution >= 4 is 31.6 Å². The lowest BCUT2D eigenvalue weighted by Gasteiger charge is -2.15. The molecule has 0 amide bonds. The average Bonchev–Trinajstić information content (AvgIpc) is 2.96. The number of nitrogens with zero attached hydrogens (tertiary/aromatic N) is 1. The highest BCUT2D eigenvalue weighted by molar-refractivity contribution is 7.89. The van der Waals surface area contributed by atoms with E-state index in [0.29, 0.717) is 11.2 Å². The molecule has 3 rings (SSSR count). The molecular weight excluding hydrogens is 380 g/mol. The van der Waals surface area contributed by atoms with Gasteiger partial charge in [-0.1, -0.05) is 49.4 Å². The Morgan fingerprint density at radius 3 is 2.44 bits per heavy atom. The van der Waals surface area contributed by atoms with Crippen LogP contribution in [0.3, 0.4) is 0 Å². The number of sulfonamides is 1. The molecule has 0 radical (unpaired) electrons. The molecule has 0 aliphatic rings. The van der Waals surface area contributed by atoms with Crippen LogP contribution in [0.5, 0.6) is 0 Å². The fourth-order valence-electron chi connectivity index (χ4n) is 3.06. The second-order valence-electron chi connectivity index (χ2n) is 6.59. The van der Waals surface area contributed by atoms with Gasteiger partial charge >= 0.3 is 4.87 Å². The van der Waals surface area contributed by atoms with Crippen molar-refractivity contribution in [3.63, 3.8) is 0 Å². The number of aromatic nitrogens is 1. The summed E-state index contributed by atoms with van der Waals surface area (Å²) >= 11 is 1.08. The Kier molecular flexibility index (Phi) is 5.83. The minimum atomic E-state index is -3.69. The molecule has 7 heteroatoms. The van der Waals surface area contributed by atoms with Crippen LogP contribution in [0.15, 0.2) is 52.2 Å². The van der Waals surface area contributed by atoms with E-state index in [-0.39, 0.29) is 15.8 Å². The van der Waals surface area contributed by atoms with Gasteiger partial charge in [0.05, 0.1) is 15.1 Å². The van der Waals surface area contributed by atoms with E-state index in [1.54, 1.807) is 22.8 Å². The maximum atomic E-state index is 12.8. The average molecular weight is 405 g/mol. The molecule has 1 N–H and O–H groups in total. The van der Waals surface area contributed by atoms with Gasteiger partial charge in [0.15, 0.2) is 0 Å². The van der Waals surface area contributed by atoms with E-state index in [9.17, 15) is 13.2 Å². The molecule has 0 fully saturated rings. The molecule has 27 heavy (non-hydrogen) atoms. The summed E-state index contributed by atoms with van der Waals surface area (Å²) in [6.07, 6.45) is 1.79. The number of nitrogens with one attached hydrogen (secondary N) is 1. The third-order valence-electron chi connectivity index (χ3n) is 4.62. The minimum absolute atomic E-state index is 0.0567. The molecule has 0 saturated heterocycles. The van der Waals surface area contributed by atoms with Crippen LogP contribution in [0.4, 0.5) is 0 Å². The lowest BCUT2D eigenvalue weighted by atomic mass is 10.1. The highest BCUT2D eigenvalue weighted by Crippen LogP contribution is 2.24. The van der Waals surface area contributed by atoms with Gasteiger partial charge in [-0.2, -0.15) is 0 Å². The summed E-state index contributed by atoms with van der Waals surface area (Å²) in [5, 5.41) is 0. The summed E-state index contributed by atoms with van der Waals surface area (Å²) in [5.74, 6) is 0. The van der Waals surface area contributed by atoms with Crippen LogP contribution in [0, 0.1) is 0 Å². The molecule has 0 aliphatic heterocycles. The SMILES string of the molecule is CCCn1c(=O)sc2cc(S(=O)(=O)NC(C)c3ccc(CC)cc3)ccc21. The molecular formula is C20H24N2O3S2. The maximum absolute atomic E-state index is 12.8. The summed E-state index contributed by atoms with van der Waals surface area (Å²) < 4.78 is 30.7. The topological polar surface area (TPSA) is 68.2 Å². The van der Waals surface area contributed by atoms with Crippen molar-refractivity contribution < 1.29 is 8.42 Å². The first-order chi connectivity index (χ1) is 12.9. The Balaban J connectivity index is 1.88. The van der Waals surface area contributed by atoms with E-state index in [2.05, 4.69) is 11.6 Å². The zero-order valence-corrected chi connectivity index (χ0v) is 17.4. The first-order valence-corrected chi connectivity index (χ1v) is 11.4. The van der Waals surface area contributed by atoms with Gasteiger partial charge < -0.3 is 0 Å². The van der Waals surface area contributed by atoms with Crippen molar-refractivity contribution in [1.29, 1.82) is 0 Å². The number of hydrogen-bond donors (Lipinski definition) is 1. The van der Waals surface area contributed by atoms with Gasteiger partial charge in [-0.25, -0.2) is 13.1 Å². The van der Waals surface area contributed by atoms with E-state index >= 15 is 0 Å². The molecule has 0 bridgehead atoms. The van der Waals surface area contributed by atoms with Crippen molar-refractivity contribution in [3.05, 3.63) is 63.3 Å². The Morgan fingerprint density at radius 2 is 1.81 bits per heavy atom. The van der Waals surface area contributed by atoms with Crippen LogP contribution in [-0.4, -0.2) is 13.0 Å². The van der Waals surface area contributed by atoms with Crippen LogP contribution >= 0.6 is 11.3 Å². The summed E-state index contributed by atoms with van der Waals surface area (Å²) in [6, 6.07) is 12.5. The third-order valence-corrected chi connectivity index (χ3v) is 7.10. The van der Waals surface area contributed by atoms with Crippen LogP contribution in [0.2, 0.25) is 0 Å². The Hall–Kier alpha value is -1.96. The van der Waals surface area contributed by atoms with E-state index in [4.69, 9.17) is 0 Å². The predicted molar refractivity (Wildman–Crippen MR) is 111 cm³/mol. The standard InChI is InChI=1S/C20H24N2O3S2/c1-4-12-22-18-11-10-17(13-19(18)26-20(22)23)27(24,25)21-14(3)16-8-6-15(5-2)7-9-16/h6-11,13-14,21H,4-5,12H2,1-3H3. The van der Waals surface area contributed by atoms with Crippen LogP contribution in [-0.2, 0) is 23.0 Å². The predicted octanol–water partition coefficient (Wildman–Crippen LogP) is 4.07. The van der Waals surface area contributed by atoms with Gasteiger partial charge in [0, 0.05) is 12.6 Å². The highest BCUT2D eigenvalue weighted by atomic mass is 32.2. The van der Waals surface area contributed by atoms with Gasteiger partial charge in [0.1, 0.15) is 0 Å². The van der Waals surface area contributed by atoms with E-state index in [0.717, 1.165) is 35.3 Å². The molecule has 1 heterocycles. The lowest BCUT2D eigenvalue weighted by Crippen LogP contribution is -2.26. The van der Waals surface area contributed by atoms with Crippen molar-refractivity contribution in [3.8, 4) is 0 Å². The Labute approximate surface area is 163 Å². The van der Waals surface area contributed by atoms with Crippen LogP contribution in [0.1, 0.15) is 44.4 Å². The fraction of sp³-hybridized carbons (Fsp3) is 0.350. The molecule has 5 nitrogen and oxygen atoms in total. The van der Waals surface area contributed by atoms with E-state index in [1.165, 1.54) is 5.56 Å². The molecule has 1 aromatic heterocycles. The summed E-state index contributed by atoms with van der Waals surface area (Å²) in [4.78, 5) is 12.2. The second kappa shape index (κ2) is 7.96. The monoisotopic (exact) mass is 404 g/mol. The smallest absolute Gasteiger partial charge is 0.299 e. The normalized spacial score (nSPS) is 13.1. The number of thiazole rings is 1. The van der Waals surface area contributed by atoms with Crippen molar-refractivity contribution in [2.75, 3.05) is 0 Å². The van der Waals surface area contributed by atoms with Crippen LogP contribution < -0.4 is 9.60 Å². The first-order valence-electron chi connectivity index (χ1n) is 9.10. The number of benzene rings is 2. The number of aryl methyl sites for hydroxylation is 2. The maximum Gasteiger partial charge on any atom is 0.308 e. The highest BCUT2D eigenvalue weighted by Gasteiger charge is 2.20. The fourth-order valence-corrected chi connectivity index (χ4v) is 5.35. The Morgan fingerprint density at radius 1 is 1.11 bits per heavy atom. The van der Waals surface area contributed by atoms with Gasteiger partial charge in [0.25, 0.3) is 0 Å². The number of rotatable bonds is 7. The van der Waals surface area contributed by atoms with Crippen molar-refractivity contribution in [2.45, 2.75) is 51.1 Å². The second-order valence-corrected chi connectivity index (χ2v) is 9.29. The zero-order chi connectivity index (χ0) is 19.6. The zero-order valence-electron chi connectivity index (χ0n) is 15.7. The minimum Gasteiger partial charge on any atom is -0.299 e. The number of hydrogen-bond acceptors (Lipinski definition) is 4. The number of fused-ring (bicyclic) bond motifs is 1. The van der Waals surface area contributed by atoms with Gasteiger partial charge in [-0.05, 0) is 49.1 Å². The van der Waals surface area contributed by atoms with Gasteiger partial charge in [-0.3, -0.25) is 9.36 Å². The first kappa shape index (κ1) is 19.8.